The van der Waals surface area contributed by atoms with Crippen molar-refractivity contribution in [2.24, 2.45) is 0 Å². The third kappa shape index (κ3) is 4.42. The lowest BCUT2D eigenvalue weighted by Crippen LogP contribution is -2.25. The van der Waals surface area contributed by atoms with Crippen LogP contribution < -0.4 is 4.72 Å². The fourth-order valence-electron chi connectivity index (χ4n) is 3.05. The maximum atomic E-state index is 12.4. The van der Waals surface area contributed by atoms with E-state index in [-0.39, 0.29) is 0 Å². The lowest BCUT2D eigenvalue weighted by atomic mass is 10.1. The first kappa shape index (κ1) is 20.2. The van der Waals surface area contributed by atoms with Crippen LogP contribution in [0, 0.1) is 6.92 Å². The van der Waals surface area contributed by atoms with Gasteiger partial charge in [0.1, 0.15) is 15.6 Å². The number of thiophene rings is 1. The number of benzene rings is 1. The van der Waals surface area contributed by atoms with Crippen LogP contribution in [0.3, 0.4) is 0 Å². The number of fused-ring (bicyclic) bond motifs is 1. The van der Waals surface area contributed by atoms with Crippen molar-refractivity contribution >= 4 is 48.5 Å². The number of imidazole rings is 1. The van der Waals surface area contributed by atoms with Gasteiger partial charge in [0.25, 0.3) is 0 Å². The quantitative estimate of drug-likeness (QED) is 0.384. The molecule has 1 N–H and O–H groups in total. The molecule has 1 aromatic carbocycles. The SMILES string of the molecule is Cc1ccc(-c2nc3cccnc3n2CCCNS(=O)(=O)c2ccc(Br)s2)cc1. The van der Waals surface area contributed by atoms with Gasteiger partial charge in [0.2, 0.25) is 10.0 Å². The Morgan fingerprint density at radius 1 is 1.14 bits per heavy atom. The minimum atomic E-state index is -3.49. The fourth-order valence-corrected chi connectivity index (χ4v) is 6.18. The van der Waals surface area contributed by atoms with Crippen LogP contribution >= 0.6 is 27.3 Å². The van der Waals surface area contributed by atoms with E-state index in [1.54, 1.807) is 18.3 Å². The van der Waals surface area contributed by atoms with Gasteiger partial charge in [-0.25, -0.2) is 23.1 Å². The molecule has 0 unspecified atom stereocenters. The summed E-state index contributed by atoms with van der Waals surface area (Å²) in [5.41, 5.74) is 3.82. The highest BCUT2D eigenvalue weighted by atomic mass is 79.9. The second-order valence-corrected chi connectivity index (χ2v) is 11.1. The van der Waals surface area contributed by atoms with Gasteiger partial charge in [-0.2, -0.15) is 0 Å². The maximum absolute atomic E-state index is 12.4. The standard InChI is InChI=1S/C20H19BrN4O2S2/c1-14-5-7-15(8-6-14)19-24-16-4-2-11-22-20(16)25(19)13-3-12-23-29(26,27)18-10-9-17(21)28-18/h2,4-11,23H,3,12-13H2,1H3. The summed E-state index contributed by atoms with van der Waals surface area (Å²) < 4.78 is 30.6. The zero-order valence-corrected chi connectivity index (χ0v) is 18.9. The summed E-state index contributed by atoms with van der Waals surface area (Å²) in [4.78, 5) is 9.23. The van der Waals surface area contributed by atoms with Crippen LogP contribution in [0.2, 0.25) is 0 Å². The Bertz CT molecular complexity index is 1250. The van der Waals surface area contributed by atoms with E-state index in [9.17, 15) is 8.42 Å². The molecule has 6 nitrogen and oxygen atoms in total. The summed E-state index contributed by atoms with van der Waals surface area (Å²) in [6.45, 7) is 2.98. The molecule has 0 fully saturated rings. The first-order chi connectivity index (χ1) is 13.9. The van der Waals surface area contributed by atoms with Gasteiger partial charge >= 0.3 is 0 Å². The van der Waals surface area contributed by atoms with Crippen molar-refractivity contribution in [1.82, 2.24) is 19.3 Å². The average Bonchev–Trinajstić information content (AvgIpc) is 3.30. The minimum Gasteiger partial charge on any atom is -0.309 e. The second kappa shape index (κ2) is 8.35. The number of nitrogens with zero attached hydrogens (tertiary/aromatic N) is 3. The monoisotopic (exact) mass is 490 g/mol. The Morgan fingerprint density at radius 2 is 1.93 bits per heavy atom. The maximum Gasteiger partial charge on any atom is 0.250 e. The van der Waals surface area contributed by atoms with E-state index in [1.165, 1.54) is 16.9 Å². The van der Waals surface area contributed by atoms with Crippen molar-refractivity contribution < 1.29 is 8.42 Å². The number of aryl methyl sites for hydroxylation is 2. The van der Waals surface area contributed by atoms with E-state index in [4.69, 9.17) is 4.98 Å². The average molecular weight is 491 g/mol. The molecule has 0 bridgehead atoms. The number of halogens is 1. The number of sulfonamides is 1. The van der Waals surface area contributed by atoms with E-state index in [2.05, 4.69) is 42.3 Å². The molecule has 0 aliphatic rings. The summed E-state index contributed by atoms with van der Waals surface area (Å²) in [5, 5.41) is 0. The Hall–Kier alpha value is -2.07. The van der Waals surface area contributed by atoms with Crippen molar-refractivity contribution in [3.05, 3.63) is 64.1 Å². The van der Waals surface area contributed by atoms with Crippen LogP contribution in [0.25, 0.3) is 22.6 Å². The van der Waals surface area contributed by atoms with Gasteiger partial charge in [-0.1, -0.05) is 29.8 Å². The van der Waals surface area contributed by atoms with Crippen molar-refractivity contribution in [2.75, 3.05) is 6.54 Å². The van der Waals surface area contributed by atoms with Crippen molar-refractivity contribution in [1.29, 1.82) is 0 Å². The Morgan fingerprint density at radius 3 is 2.66 bits per heavy atom. The van der Waals surface area contributed by atoms with Crippen LogP contribution in [0.15, 0.2) is 62.7 Å². The topological polar surface area (TPSA) is 76.9 Å². The Labute approximate surface area is 181 Å². The fraction of sp³-hybridized carbons (Fsp3) is 0.200. The molecule has 0 radical (unpaired) electrons. The highest BCUT2D eigenvalue weighted by molar-refractivity contribution is 9.11. The third-order valence-electron chi connectivity index (χ3n) is 4.48. The molecular weight excluding hydrogens is 472 g/mol. The van der Waals surface area contributed by atoms with E-state index in [1.807, 2.05) is 31.2 Å². The predicted molar refractivity (Wildman–Crippen MR) is 120 cm³/mol. The molecule has 9 heteroatoms. The van der Waals surface area contributed by atoms with Gasteiger partial charge in [-0.15, -0.1) is 11.3 Å². The van der Waals surface area contributed by atoms with Crippen LogP contribution in [0.1, 0.15) is 12.0 Å². The smallest absolute Gasteiger partial charge is 0.250 e. The number of nitrogens with one attached hydrogen (secondary N) is 1. The second-order valence-electron chi connectivity index (χ2n) is 6.61. The largest absolute Gasteiger partial charge is 0.309 e. The first-order valence-electron chi connectivity index (χ1n) is 9.07. The molecule has 0 aliphatic carbocycles. The molecule has 0 saturated carbocycles. The van der Waals surface area contributed by atoms with E-state index < -0.39 is 10.0 Å². The summed E-state index contributed by atoms with van der Waals surface area (Å²) in [5.74, 6) is 0.837. The summed E-state index contributed by atoms with van der Waals surface area (Å²) >= 11 is 4.49. The van der Waals surface area contributed by atoms with Crippen molar-refractivity contribution in [2.45, 2.75) is 24.1 Å². The molecule has 4 rings (SSSR count). The number of pyridine rings is 1. The zero-order chi connectivity index (χ0) is 20.4. The number of hydrogen-bond acceptors (Lipinski definition) is 5. The van der Waals surface area contributed by atoms with Gasteiger partial charge in [0, 0.05) is 24.8 Å². The molecule has 0 aliphatic heterocycles. The van der Waals surface area contributed by atoms with Gasteiger partial charge in [0.15, 0.2) is 5.65 Å². The normalized spacial score (nSPS) is 11.9. The van der Waals surface area contributed by atoms with Gasteiger partial charge < -0.3 is 4.57 Å². The Balaban J connectivity index is 1.53. The van der Waals surface area contributed by atoms with Crippen molar-refractivity contribution in [3.63, 3.8) is 0 Å². The number of rotatable bonds is 7. The molecule has 3 heterocycles. The minimum absolute atomic E-state index is 0.305. The predicted octanol–water partition coefficient (Wildman–Crippen LogP) is 4.60. The van der Waals surface area contributed by atoms with Gasteiger partial charge in [-0.3, -0.25) is 0 Å². The highest BCUT2D eigenvalue weighted by Crippen LogP contribution is 2.26. The number of hydrogen-bond donors (Lipinski definition) is 1. The van der Waals surface area contributed by atoms with E-state index >= 15 is 0 Å². The number of aromatic nitrogens is 3. The lowest BCUT2D eigenvalue weighted by Gasteiger charge is -2.10. The van der Waals surface area contributed by atoms with Crippen LogP contribution in [0.4, 0.5) is 0 Å². The summed E-state index contributed by atoms with van der Waals surface area (Å²) in [6.07, 6.45) is 2.36. The molecular formula is C20H19BrN4O2S2. The van der Waals surface area contributed by atoms with Crippen LogP contribution in [-0.2, 0) is 16.6 Å². The molecule has 0 amide bonds. The molecule has 0 atom stereocenters. The molecule has 4 aromatic rings. The molecule has 0 spiro atoms. The van der Waals surface area contributed by atoms with E-state index in [0.29, 0.717) is 23.7 Å². The lowest BCUT2D eigenvalue weighted by molar-refractivity contribution is 0.574. The van der Waals surface area contributed by atoms with Crippen molar-refractivity contribution in [3.8, 4) is 11.4 Å². The van der Waals surface area contributed by atoms with E-state index in [0.717, 1.165) is 26.3 Å². The zero-order valence-electron chi connectivity index (χ0n) is 15.7. The summed E-state index contributed by atoms with van der Waals surface area (Å²) in [6, 6.07) is 15.3. The molecule has 0 saturated heterocycles. The van der Waals surface area contributed by atoms with Crippen LogP contribution in [0.5, 0.6) is 0 Å². The molecule has 150 valence electrons. The van der Waals surface area contributed by atoms with Gasteiger partial charge in [-0.05, 0) is 53.5 Å². The summed E-state index contributed by atoms with van der Waals surface area (Å²) in [7, 11) is -3.49. The Kier molecular flexibility index (Phi) is 5.82. The van der Waals surface area contributed by atoms with Gasteiger partial charge in [0.05, 0.1) is 3.79 Å². The molecule has 3 aromatic heterocycles. The van der Waals surface area contributed by atoms with Crippen LogP contribution in [-0.4, -0.2) is 29.5 Å². The molecule has 29 heavy (non-hydrogen) atoms. The third-order valence-corrected chi connectivity index (χ3v) is 8.05. The first-order valence-corrected chi connectivity index (χ1v) is 12.2. The highest BCUT2D eigenvalue weighted by Gasteiger charge is 2.17.